The zero-order valence-electron chi connectivity index (χ0n) is 9.16. The summed E-state index contributed by atoms with van der Waals surface area (Å²) in [4.78, 5) is 0.859. The van der Waals surface area contributed by atoms with Gasteiger partial charge in [-0.05, 0) is 25.3 Å². The molecule has 2 aromatic rings. The first-order valence-electron chi connectivity index (χ1n) is 4.84. The van der Waals surface area contributed by atoms with Gasteiger partial charge >= 0.3 is 0 Å². The average Bonchev–Trinajstić information content (AvgIpc) is 2.84. The molecule has 0 saturated heterocycles. The normalized spacial score (nSPS) is 12.2. The Hall–Kier alpha value is -0.920. The van der Waals surface area contributed by atoms with Gasteiger partial charge in [0.2, 0.25) is 0 Å². The molecule has 2 rings (SSSR count). The smallest absolute Gasteiger partial charge is 0.294 e. The molecule has 0 N–H and O–H groups in total. The van der Waals surface area contributed by atoms with E-state index in [1.165, 1.54) is 15.9 Å². The van der Waals surface area contributed by atoms with Crippen molar-refractivity contribution in [1.82, 2.24) is 14.8 Å². The highest BCUT2D eigenvalue weighted by Crippen LogP contribution is 2.28. The number of rotatable bonds is 3. The summed E-state index contributed by atoms with van der Waals surface area (Å²) in [5.74, 6) is 0.522. The highest BCUT2D eigenvalue weighted by atomic mass is 35.7. The number of thiophene rings is 1. The van der Waals surface area contributed by atoms with Crippen LogP contribution in [0.3, 0.4) is 0 Å². The van der Waals surface area contributed by atoms with Crippen molar-refractivity contribution in [2.75, 3.05) is 0 Å². The van der Waals surface area contributed by atoms with Crippen molar-refractivity contribution in [3.8, 4) is 10.7 Å². The Balaban J connectivity index is 2.68. The van der Waals surface area contributed by atoms with E-state index in [9.17, 15) is 8.42 Å². The summed E-state index contributed by atoms with van der Waals surface area (Å²) in [5, 5.41) is 9.25. The molecule has 0 aliphatic heterocycles. The fourth-order valence-corrected chi connectivity index (χ4v) is 3.17. The van der Waals surface area contributed by atoms with Gasteiger partial charge in [-0.1, -0.05) is 6.07 Å². The number of nitrogens with zero attached hydrogens (tertiary/aromatic N) is 3. The fourth-order valence-electron chi connectivity index (χ4n) is 1.48. The predicted octanol–water partition coefficient (Wildman–Crippen LogP) is 2.52. The molecular formula is C9H10ClN3O2S2. The van der Waals surface area contributed by atoms with Gasteiger partial charge in [0, 0.05) is 16.7 Å². The van der Waals surface area contributed by atoms with Crippen LogP contribution in [0.2, 0.25) is 0 Å². The molecule has 0 atom stereocenters. The molecule has 0 aromatic carbocycles. The Morgan fingerprint density at radius 2 is 2.12 bits per heavy atom. The molecule has 0 aliphatic carbocycles. The maximum atomic E-state index is 11.4. The molecule has 0 spiro atoms. The van der Waals surface area contributed by atoms with Gasteiger partial charge in [0.05, 0.1) is 4.88 Å². The number of halogens is 1. The van der Waals surface area contributed by atoms with Crippen molar-refractivity contribution in [3.05, 3.63) is 17.5 Å². The lowest BCUT2D eigenvalue weighted by Gasteiger charge is -2.11. The summed E-state index contributed by atoms with van der Waals surface area (Å²) in [7, 11) is 1.45. The zero-order valence-corrected chi connectivity index (χ0v) is 11.6. The van der Waals surface area contributed by atoms with E-state index >= 15 is 0 Å². The van der Waals surface area contributed by atoms with Crippen molar-refractivity contribution in [2.24, 2.45) is 0 Å². The van der Waals surface area contributed by atoms with E-state index in [1.807, 2.05) is 31.4 Å². The Labute approximate surface area is 107 Å². The topological polar surface area (TPSA) is 64.8 Å². The first kappa shape index (κ1) is 12.5. The number of aromatic nitrogens is 3. The maximum Gasteiger partial charge on any atom is 0.296 e. The van der Waals surface area contributed by atoms with Crippen LogP contribution in [0.1, 0.15) is 19.9 Å². The van der Waals surface area contributed by atoms with E-state index in [4.69, 9.17) is 10.7 Å². The molecule has 0 bridgehead atoms. The third-order valence-electron chi connectivity index (χ3n) is 2.14. The third kappa shape index (κ3) is 2.36. The molecule has 17 heavy (non-hydrogen) atoms. The van der Waals surface area contributed by atoms with Crippen LogP contribution in [0.15, 0.2) is 22.7 Å². The van der Waals surface area contributed by atoms with Crippen LogP contribution in [0.25, 0.3) is 10.7 Å². The second-order valence-corrected chi connectivity index (χ2v) is 7.09. The van der Waals surface area contributed by atoms with Gasteiger partial charge < -0.3 is 0 Å². The SMILES string of the molecule is CC(C)n1c(-c2cccs2)nnc1S(=O)(=O)Cl. The molecule has 0 fully saturated rings. The molecular weight excluding hydrogens is 282 g/mol. The molecule has 2 heterocycles. The van der Waals surface area contributed by atoms with Crippen LogP contribution in [0.5, 0.6) is 0 Å². The number of hydrogen-bond donors (Lipinski definition) is 0. The van der Waals surface area contributed by atoms with Gasteiger partial charge in [0.25, 0.3) is 14.2 Å². The zero-order chi connectivity index (χ0) is 12.6. The standard InChI is InChI=1S/C9H10ClN3O2S2/c1-6(2)13-8(7-4-3-5-16-7)11-12-9(13)17(10,14)15/h3-6H,1-2H3. The van der Waals surface area contributed by atoms with E-state index in [0.717, 1.165) is 4.88 Å². The fraction of sp³-hybridized carbons (Fsp3) is 0.333. The van der Waals surface area contributed by atoms with Crippen molar-refractivity contribution in [3.63, 3.8) is 0 Å². The summed E-state index contributed by atoms with van der Waals surface area (Å²) in [6.07, 6.45) is 0. The van der Waals surface area contributed by atoms with Crippen LogP contribution < -0.4 is 0 Å². The van der Waals surface area contributed by atoms with E-state index in [1.54, 1.807) is 0 Å². The molecule has 0 amide bonds. The summed E-state index contributed by atoms with van der Waals surface area (Å²) >= 11 is 1.47. The largest absolute Gasteiger partial charge is 0.296 e. The maximum absolute atomic E-state index is 11.4. The van der Waals surface area contributed by atoms with Gasteiger partial charge in [0.1, 0.15) is 0 Å². The minimum absolute atomic E-state index is 0.0920. The van der Waals surface area contributed by atoms with Crippen LogP contribution in [-0.2, 0) is 9.05 Å². The van der Waals surface area contributed by atoms with Crippen LogP contribution >= 0.6 is 22.0 Å². The predicted molar refractivity (Wildman–Crippen MR) is 66.8 cm³/mol. The molecule has 2 aromatic heterocycles. The summed E-state index contributed by atoms with van der Waals surface area (Å²) < 4.78 is 24.3. The summed E-state index contributed by atoms with van der Waals surface area (Å²) in [5.41, 5.74) is 0. The highest BCUT2D eigenvalue weighted by Gasteiger charge is 2.25. The van der Waals surface area contributed by atoms with Crippen molar-refractivity contribution < 1.29 is 8.42 Å². The van der Waals surface area contributed by atoms with E-state index in [2.05, 4.69) is 10.2 Å². The first-order valence-corrected chi connectivity index (χ1v) is 8.03. The quantitative estimate of drug-likeness (QED) is 0.815. The number of hydrogen-bond acceptors (Lipinski definition) is 5. The lowest BCUT2D eigenvalue weighted by molar-refractivity contribution is 0.531. The van der Waals surface area contributed by atoms with Crippen LogP contribution in [-0.4, -0.2) is 23.2 Å². The summed E-state index contributed by atoms with van der Waals surface area (Å²) in [6.45, 7) is 3.71. The first-order chi connectivity index (χ1) is 7.91. The van der Waals surface area contributed by atoms with Crippen molar-refractivity contribution in [2.45, 2.75) is 25.0 Å². The molecule has 0 aliphatic rings. The van der Waals surface area contributed by atoms with Crippen molar-refractivity contribution in [1.29, 1.82) is 0 Å². The van der Waals surface area contributed by atoms with Crippen LogP contribution in [0.4, 0.5) is 0 Å². The molecule has 0 saturated carbocycles. The van der Waals surface area contributed by atoms with E-state index < -0.39 is 9.05 Å². The van der Waals surface area contributed by atoms with Crippen molar-refractivity contribution >= 4 is 31.1 Å². The average molecular weight is 292 g/mol. The Bertz CT molecular complexity index is 617. The molecule has 0 radical (unpaired) electrons. The lowest BCUT2D eigenvalue weighted by atomic mass is 10.3. The molecule has 0 unspecified atom stereocenters. The second kappa shape index (κ2) is 4.40. The Kier molecular flexibility index (Phi) is 3.24. The van der Waals surface area contributed by atoms with Gasteiger partial charge in [-0.2, -0.15) is 0 Å². The monoisotopic (exact) mass is 291 g/mol. The second-order valence-electron chi connectivity index (χ2n) is 3.69. The third-order valence-corrected chi connectivity index (χ3v) is 4.13. The van der Waals surface area contributed by atoms with Gasteiger partial charge in [0.15, 0.2) is 5.82 Å². The molecule has 5 nitrogen and oxygen atoms in total. The van der Waals surface area contributed by atoms with E-state index in [0.29, 0.717) is 5.82 Å². The van der Waals surface area contributed by atoms with Crippen LogP contribution in [0, 0.1) is 0 Å². The van der Waals surface area contributed by atoms with Gasteiger partial charge in [-0.25, -0.2) is 8.42 Å². The summed E-state index contributed by atoms with van der Waals surface area (Å²) in [6, 6.07) is 3.64. The highest BCUT2D eigenvalue weighted by molar-refractivity contribution is 8.13. The van der Waals surface area contributed by atoms with Gasteiger partial charge in [-0.15, -0.1) is 21.5 Å². The lowest BCUT2D eigenvalue weighted by Crippen LogP contribution is -2.09. The molecule has 92 valence electrons. The van der Waals surface area contributed by atoms with E-state index in [-0.39, 0.29) is 11.2 Å². The minimum atomic E-state index is -3.88. The Morgan fingerprint density at radius 3 is 2.59 bits per heavy atom. The Morgan fingerprint density at radius 1 is 1.41 bits per heavy atom. The molecule has 8 heteroatoms. The minimum Gasteiger partial charge on any atom is -0.294 e. The van der Waals surface area contributed by atoms with Gasteiger partial charge in [-0.3, -0.25) is 4.57 Å².